The van der Waals surface area contributed by atoms with Gasteiger partial charge in [-0.15, -0.1) is 0 Å². The fraction of sp³-hybridized carbons (Fsp3) is 0.929. The van der Waals surface area contributed by atoms with Gasteiger partial charge >= 0.3 is 0 Å². The van der Waals surface area contributed by atoms with Crippen molar-refractivity contribution in [2.75, 3.05) is 13.1 Å². The van der Waals surface area contributed by atoms with Crippen LogP contribution in [0.3, 0.4) is 0 Å². The van der Waals surface area contributed by atoms with Crippen LogP contribution in [-0.2, 0) is 0 Å². The Labute approximate surface area is 104 Å². The number of hydrogen-bond acceptors (Lipinski definition) is 3. The van der Waals surface area contributed by atoms with Crippen molar-refractivity contribution in [3.63, 3.8) is 0 Å². The lowest BCUT2D eigenvalue weighted by molar-refractivity contribution is -0.0439. The zero-order valence-corrected chi connectivity index (χ0v) is 11.0. The largest absolute Gasteiger partial charge is 0.389 e. The van der Waals surface area contributed by atoms with Crippen molar-refractivity contribution < 1.29 is 5.11 Å². The molecule has 0 aromatic heterocycles. The summed E-state index contributed by atoms with van der Waals surface area (Å²) in [5.74, 6) is 0.886. The molecule has 1 N–H and O–H groups in total. The van der Waals surface area contributed by atoms with Crippen LogP contribution in [-0.4, -0.2) is 34.7 Å². The van der Waals surface area contributed by atoms with E-state index < -0.39 is 5.60 Å². The molecule has 1 heterocycles. The first kappa shape index (κ1) is 12.9. The van der Waals surface area contributed by atoms with Crippen molar-refractivity contribution in [2.24, 2.45) is 11.8 Å². The fourth-order valence-electron chi connectivity index (χ4n) is 3.45. The summed E-state index contributed by atoms with van der Waals surface area (Å²) in [7, 11) is 0. The lowest BCUT2D eigenvalue weighted by Crippen LogP contribution is -2.53. The molecule has 3 heteroatoms. The molecule has 0 aromatic carbocycles. The van der Waals surface area contributed by atoms with Crippen LogP contribution in [0, 0.1) is 23.2 Å². The first-order chi connectivity index (χ1) is 8.02. The summed E-state index contributed by atoms with van der Waals surface area (Å²) in [6.45, 7) is 5.99. The van der Waals surface area contributed by atoms with Crippen molar-refractivity contribution >= 4 is 0 Å². The van der Waals surface area contributed by atoms with Crippen molar-refractivity contribution in [2.45, 2.75) is 57.6 Å². The Hall–Kier alpha value is -0.590. The van der Waals surface area contributed by atoms with E-state index in [0.717, 1.165) is 44.7 Å². The average molecular weight is 236 g/mol. The molecule has 3 nitrogen and oxygen atoms in total. The molecule has 4 unspecified atom stereocenters. The van der Waals surface area contributed by atoms with Gasteiger partial charge in [0.05, 0.1) is 17.6 Å². The van der Waals surface area contributed by atoms with Gasteiger partial charge in [0, 0.05) is 12.6 Å². The van der Waals surface area contributed by atoms with E-state index >= 15 is 0 Å². The van der Waals surface area contributed by atoms with E-state index in [0.29, 0.717) is 6.04 Å². The highest BCUT2D eigenvalue weighted by Gasteiger charge is 2.38. The summed E-state index contributed by atoms with van der Waals surface area (Å²) in [5, 5.41) is 19.4. The minimum atomic E-state index is -0.557. The normalized spacial score (nSPS) is 44.2. The number of nitrogens with zero attached hydrogens (tertiary/aromatic N) is 2. The Bertz CT molecular complexity index is 308. The van der Waals surface area contributed by atoms with Crippen molar-refractivity contribution in [3.05, 3.63) is 0 Å². The van der Waals surface area contributed by atoms with Gasteiger partial charge in [0.25, 0.3) is 0 Å². The summed E-state index contributed by atoms with van der Waals surface area (Å²) in [6.07, 6.45) is 5.27. The highest BCUT2D eigenvalue weighted by atomic mass is 16.3. The molecule has 17 heavy (non-hydrogen) atoms. The average Bonchev–Trinajstić information content (AvgIpc) is 2.27. The highest BCUT2D eigenvalue weighted by molar-refractivity contribution is 4.99. The summed E-state index contributed by atoms with van der Waals surface area (Å²) in [4.78, 5) is 2.37. The van der Waals surface area contributed by atoms with Crippen LogP contribution in [0.4, 0.5) is 0 Å². The highest BCUT2D eigenvalue weighted by Crippen LogP contribution is 2.34. The Kier molecular flexibility index (Phi) is 3.75. The maximum absolute atomic E-state index is 10.2. The Morgan fingerprint density at radius 1 is 1.41 bits per heavy atom. The van der Waals surface area contributed by atoms with E-state index in [1.807, 2.05) is 6.92 Å². The molecule has 1 aliphatic heterocycles. The second kappa shape index (κ2) is 4.96. The second-order valence-corrected chi connectivity index (χ2v) is 6.29. The molecule has 2 fully saturated rings. The number of β-amino-alcohol motifs (C(OH)–C–C–N with tert-alkyl or cyclic N) is 1. The van der Waals surface area contributed by atoms with E-state index in [1.54, 1.807) is 0 Å². The first-order valence-electron chi connectivity index (χ1n) is 6.88. The van der Waals surface area contributed by atoms with Crippen molar-refractivity contribution in [1.29, 1.82) is 5.26 Å². The van der Waals surface area contributed by atoms with Crippen LogP contribution in [0.25, 0.3) is 0 Å². The first-order valence-corrected chi connectivity index (χ1v) is 6.88. The molecule has 4 atom stereocenters. The van der Waals surface area contributed by atoms with Crippen LogP contribution in [0.2, 0.25) is 0 Å². The minimum Gasteiger partial charge on any atom is -0.389 e. The fourth-order valence-corrected chi connectivity index (χ4v) is 3.45. The van der Waals surface area contributed by atoms with Crippen LogP contribution < -0.4 is 0 Å². The number of piperidine rings is 1. The van der Waals surface area contributed by atoms with E-state index in [9.17, 15) is 10.4 Å². The minimum absolute atomic E-state index is 0.167. The molecule has 1 saturated carbocycles. The maximum atomic E-state index is 10.2. The Balaban J connectivity index is 2.06. The van der Waals surface area contributed by atoms with Gasteiger partial charge < -0.3 is 5.11 Å². The van der Waals surface area contributed by atoms with Gasteiger partial charge in [0.1, 0.15) is 0 Å². The molecule has 1 aliphatic carbocycles. The summed E-state index contributed by atoms with van der Waals surface area (Å²) in [6, 6.07) is 2.85. The van der Waals surface area contributed by atoms with E-state index in [2.05, 4.69) is 17.9 Å². The van der Waals surface area contributed by atoms with Gasteiger partial charge in [-0.1, -0.05) is 6.92 Å². The quantitative estimate of drug-likeness (QED) is 0.759. The topological polar surface area (TPSA) is 47.3 Å². The van der Waals surface area contributed by atoms with Gasteiger partial charge in [-0.25, -0.2) is 0 Å². The second-order valence-electron chi connectivity index (χ2n) is 6.29. The maximum Gasteiger partial charge on any atom is 0.0746 e. The lowest BCUT2D eigenvalue weighted by atomic mass is 9.78. The summed E-state index contributed by atoms with van der Waals surface area (Å²) < 4.78 is 0. The lowest BCUT2D eigenvalue weighted by Gasteiger charge is -2.45. The van der Waals surface area contributed by atoms with Crippen molar-refractivity contribution in [1.82, 2.24) is 4.90 Å². The zero-order chi connectivity index (χ0) is 12.5. The summed E-state index contributed by atoms with van der Waals surface area (Å²) in [5.41, 5.74) is -0.557. The van der Waals surface area contributed by atoms with E-state index in [-0.39, 0.29) is 5.92 Å². The van der Waals surface area contributed by atoms with Crippen LogP contribution >= 0.6 is 0 Å². The van der Waals surface area contributed by atoms with E-state index in [4.69, 9.17) is 0 Å². The molecule has 2 rings (SSSR count). The predicted octanol–water partition coefficient (Wildman–Crippen LogP) is 2.16. The number of nitriles is 1. The third kappa shape index (κ3) is 3.00. The number of hydrogen-bond donors (Lipinski definition) is 1. The standard InChI is InChI=1S/C14H24N2O/c1-11-4-5-12(9-15)13(8-11)16-7-3-6-14(2,17)10-16/h11-13,17H,3-8,10H2,1-2H3. The predicted molar refractivity (Wildman–Crippen MR) is 67.3 cm³/mol. The Morgan fingerprint density at radius 2 is 2.18 bits per heavy atom. The molecule has 0 bridgehead atoms. The molecular weight excluding hydrogens is 212 g/mol. The van der Waals surface area contributed by atoms with Gasteiger partial charge in [-0.3, -0.25) is 4.90 Å². The molecule has 2 aliphatic rings. The van der Waals surface area contributed by atoms with Crippen LogP contribution in [0.1, 0.15) is 46.0 Å². The molecule has 0 amide bonds. The SMILES string of the molecule is CC1CCC(C#N)C(N2CCCC(C)(O)C2)C1. The zero-order valence-electron chi connectivity index (χ0n) is 11.0. The third-order valence-corrected chi connectivity index (χ3v) is 4.42. The van der Waals surface area contributed by atoms with Crippen molar-refractivity contribution in [3.8, 4) is 6.07 Å². The molecule has 0 radical (unpaired) electrons. The van der Waals surface area contributed by atoms with Gasteiger partial charge in [-0.05, 0) is 51.5 Å². The number of rotatable bonds is 1. The number of aliphatic hydroxyl groups is 1. The summed E-state index contributed by atoms with van der Waals surface area (Å²) >= 11 is 0. The molecule has 96 valence electrons. The van der Waals surface area contributed by atoms with Gasteiger partial charge in [0.2, 0.25) is 0 Å². The molecule has 0 aromatic rings. The van der Waals surface area contributed by atoms with Gasteiger partial charge in [0.15, 0.2) is 0 Å². The Morgan fingerprint density at radius 3 is 2.82 bits per heavy atom. The van der Waals surface area contributed by atoms with Crippen LogP contribution in [0.5, 0.6) is 0 Å². The smallest absolute Gasteiger partial charge is 0.0746 e. The molecule has 1 saturated heterocycles. The number of likely N-dealkylation sites (tertiary alicyclic amines) is 1. The van der Waals surface area contributed by atoms with Gasteiger partial charge in [-0.2, -0.15) is 5.26 Å². The molecule has 0 spiro atoms. The molecular formula is C14H24N2O. The van der Waals surface area contributed by atoms with Crippen LogP contribution in [0.15, 0.2) is 0 Å². The van der Waals surface area contributed by atoms with E-state index in [1.165, 1.54) is 6.42 Å². The third-order valence-electron chi connectivity index (χ3n) is 4.42. The monoisotopic (exact) mass is 236 g/mol.